The summed E-state index contributed by atoms with van der Waals surface area (Å²) in [7, 11) is 0. The molecule has 0 radical (unpaired) electrons. The lowest BCUT2D eigenvalue weighted by Crippen LogP contribution is -2.45. The maximum atomic E-state index is 11.8. The van der Waals surface area contributed by atoms with Gasteiger partial charge in [0.05, 0.1) is 12.1 Å². The van der Waals surface area contributed by atoms with Crippen molar-refractivity contribution in [3.63, 3.8) is 0 Å². The smallest absolute Gasteiger partial charge is 0.220 e. The number of nitrogens with one attached hydrogen (secondary N) is 1. The Labute approximate surface area is 110 Å². The number of rotatable bonds is 7. The maximum Gasteiger partial charge on any atom is 0.220 e. The molecule has 0 aromatic rings. The van der Waals surface area contributed by atoms with E-state index in [2.05, 4.69) is 12.2 Å². The third kappa shape index (κ3) is 5.36. The van der Waals surface area contributed by atoms with E-state index in [-0.39, 0.29) is 18.1 Å². The highest BCUT2D eigenvalue weighted by Crippen LogP contribution is 2.19. The molecule has 3 atom stereocenters. The number of hydrogen-bond acceptors (Lipinski definition) is 3. The number of carbonyl (C=O) groups excluding carboxylic acids is 1. The zero-order valence-corrected chi connectivity index (χ0v) is 11.5. The van der Waals surface area contributed by atoms with Gasteiger partial charge in [0, 0.05) is 6.42 Å². The minimum Gasteiger partial charge on any atom is -0.391 e. The largest absolute Gasteiger partial charge is 0.391 e. The second-order valence-electron chi connectivity index (χ2n) is 5.42. The van der Waals surface area contributed by atoms with Crippen LogP contribution in [0.1, 0.15) is 58.3 Å². The van der Waals surface area contributed by atoms with E-state index in [1.807, 2.05) is 0 Å². The fourth-order valence-electron chi connectivity index (χ4n) is 2.68. The van der Waals surface area contributed by atoms with Gasteiger partial charge >= 0.3 is 0 Å². The van der Waals surface area contributed by atoms with Crippen LogP contribution in [0.5, 0.6) is 0 Å². The summed E-state index contributed by atoms with van der Waals surface area (Å²) in [5.41, 5.74) is 5.55. The summed E-state index contributed by atoms with van der Waals surface area (Å²) < 4.78 is 0. The molecule has 1 rings (SSSR count). The van der Waals surface area contributed by atoms with Crippen molar-refractivity contribution in [2.75, 3.05) is 6.54 Å². The molecule has 1 fully saturated rings. The summed E-state index contributed by atoms with van der Waals surface area (Å²) in [4.78, 5) is 11.8. The van der Waals surface area contributed by atoms with E-state index in [1.54, 1.807) is 0 Å². The molecule has 106 valence electrons. The van der Waals surface area contributed by atoms with Crippen LogP contribution in [-0.4, -0.2) is 29.7 Å². The molecule has 3 unspecified atom stereocenters. The van der Waals surface area contributed by atoms with Crippen molar-refractivity contribution >= 4 is 5.91 Å². The average molecular weight is 256 g/mol. The summed E-state index contributed by atoms with van der Waals surface area (Å²) >= 11 is 0. The van der Waals surface area contributed by atoms with Crippen molar-refractivity contribution in [2.24, 2.45) is 11.7 Å². The van der Waals surface area contributed by atoms with Crippen molar-refractivity contribution in [3.8, 4) is 0 Å². The molecule has 4 N–H and O–H groups in total. The Morgan fingerprint density at radius 1 is 1.39 bits per heavy atom. The second kappa shape index (κ2) is 8.48. The SMILES string of the molecule is CCC(CCN)CCC(=O)NC1CCCCC1O. The van der Waals surface area contributed by atoms with Crippen molar-refractivity contribution in [1.82, 2.24) is 5.32 Å². The van der Waals surface area contributed by atoms with Crippen LogP contribution in [0, 0.1) is 5.92 Å². The molecule has 0 aliphatic heterocycles. The monoisotopic (exact) mass is 256 g/mol. The van der Waals surface area contributed by atoms with Gasteiger partial charge in [-0.25, -0.2) is 0 Å². The van der Waals surface area contributed by atoms with Crippen LogP contribution in [0.15, 0.2) is 0 Å². The van der Waals surface area contributed by atoms with Gasteiger partial charge in [0.15, 0.2) is 0 Å². The van der Waals surface area contributed by atoms with Gasteiger partial charge in [-0.05, 0) is 38.1 Å². The number of aliphatic hydroxyl groups is 1. The van der Waals surface area contributed by atoms with Crippen LogP contribution in [0.4, 0.5) is 0 Å². The third-order valence-electron chi connectivity index (χ3n) is 4.01. The molecule has 1 aliphatic carbocycles. The quantitative estimate of drug-likeness (QED) is 0.647. The standard InChI is InChI=1S/C14H28N2O2/c1-2-11(9-10-15)7-8-14(18)16-12-5-3-4-6-13(12)17/h11-13,17H,2-10,15H2,1H3,(H,16,18). The van der Waals surface area contributed by atoms with Crippen LogP contribution in [0.3, 0.4) is 0 Å². The number of aliphatic hydroxyl groups excluding tert-OH is 1. The van der Waals surface area contributed by atoms with E-state index in [4.69, 9.17) is 5.73 Å². The predicted molar refractivity (Wildman–Crippen MR) is 73.1 cm³/mol. The van der Waals surface area contributed by atoms with Crippen LogP contribution < -0.4 is 11.1 Å². The zero-order valence-electron chi connectivity index (χ0n) is 11.5. The molecule has 0 bridgehead atoms. The normalized spacial score (nSPS) is 25.7. The topological polar surface area (TPSA) is 75.4 Å². The van der Waals surface area contributed by atoms with Crippen LogP contribution in [0.2, 0.25) is 0 Å². The van der Waals surface area contributed by atoms with E-state index < -0.39 is 0 Å². The minimum atomic E-state index is -0.353. The molecule has 0 saturated heterocycles. The summed E-state index contributed by atoms with van der Waals surface area (Å²) in [5, 5.41) is 12.8. The van der Waals surface area contributed by atoms with Gasteiger partial charge in [-0.2, -0.15) is 0 Å². The van der Waals surface area contributed by atoms with Crippen molar-refractivity contribution in [3.05, 3.63) is 0 Å². The Morgan fingerprint density at radius 3 is 2.72 bits per heavy atom. The predicted octanol–water partition coefficient (Wildman–Crippen LogP) is 1.56. The lowest BCUT2D eigenvalue weighted by atomic mass is 9.92. The zero-order chi connectivity index (χ0) is 13.4. The lowest BCUT2D eigenvalue weighted by molar-refractivity contribution is -0.123. The Kier molecular flexibility index (Phi) is 7.28. The molecule has 1 amide bonds. The summed E-state index contributed by atoms with van der Waals surface area (Å²) in [6.45, 7) is 2.84. The van der Waals surface area contributed by atoms with Crippen molar-refractivity contribution in [2.45, 2.75) is 70.4 Å². The molecule has 1 aliphatic rings. The molecular formula is C14H28N2O2. The molecule has 4 heteroatoms. The number of carbonyl (C=O) groups is 1. The van der Waals surface area contributed by atoms with Gasteiger partial charge in [0.25, 0.3) is 0 Å². The van der Waals surface area contributed by atoms with E-state index in [0.717, 1.165) is 44.9 Å². The summed E-state index contributed by atoms with van der Waals surface area (Å²) in [6.07, 6.45) is 7.09. The molecule has 1 saturated carbocycles. The fourth-order valence-corrected chi connectivity index (χ4v) is 2.68. The summed E-state index contributed by atoms with van der Waals surface area (Å²) in [6, 6.07) is -0.0270. The fraction of sp³-hybridized carbons (Fsp3) is 0.929. The molecule has 4 nitrogen and oxygen atoms in total. The lowest BCUT2D eigenvalue weighted by Gasteiger charge is -2.28. The van der Waals surface area contributed by atoms with Gasteiger partial charge < -0.3 is 16.2 Å². The van der Waals surface area contributed by atoms with Crippen molar-refractivity contribution < 1.29 is 9.90 Å². The molecule has 0 aromatic carbocycles. The van der Waals surface area contributed by atoms with Gasteiger partial charge in [-0.15, -0.1) is 0 Å². The Balaban J connectivity index is 2.23. The molecule has 0 aromatic heterocycles. The molecule has 0 spiro atoms. The Bertz CT molecular complexity index is 246. The van der Waals surface area contributed by atoms with Crippen LogP contribution in [0.25, 0.3) is 0 Å². The minimum absolute atomic E-state index is 0.0270. The third-order valence-corrected chi connectivity index (χ3v) is 4.01. The first kappa shape index (κ1) is 15.4. The van der Waals surface area contributed by atoms with E-state index in [0.29, 0.717) is 18.9 Å². The first-order valence-corrected chi connectivity index (χ1v) is 7.34. The molecule has 18 heavy (non-hydrogen) atoms. The van der Waals surface area contributed by atoms with Gasteiger partial charge in [-0.3, -0.25) is 4.79 Å². The first-order chi connectivity index (χ1) is 8.67. The van der Waals surface area contributed by atoms with E-state index in [1.165, 1.54) is 0 Å². The summed E-state index contributed by atoms with van der Waals surface area (Å²) in [5.74, 6) is 0.633. The van der Waals surface area contributed by atoms with Crippen molar-refractivity contribution in [1.29, 1.82) is 0 Å². The van der Waals surface area contributed by atoms with E-state index >= 15 is 0 Å². The highest BCUT2D eigenvalue weighted by atomic mass is 16.3. The maximum absolute atomic E-state index is 11.8. The Hall–Kier alpha value is -0.610. The number of hydrogen-bond donors (Lipinski definition) is 3. The second-order valence-corrected chi connectivity index (χ2v) is 5.42. The van der Waals surface area contributed by atoms with Crippen LogP contribution >= 0.6 is 0 Å². The van der Waals surface area contributed by atoms with Gasteiger partial charge in [-0.1, -0.05) is 26.2 Å². The highest BCUT2D eigenvalue weighted by molar-refractivity contribution is 5.76. The molecule has 0 heterocycles. The van der Waals surface area contributed by atoms with E-state index in [9.17, 15) is 9.90 Å². The van der Waals surface area contributed by atoms with Crippen LogP contribution in [-0.2, 0) is 4.79 Å². The number of amides is 1. The Morgan fingerprint density at radius 2 is 2.11 bits per heavy atom. The van der Waals surface area contributed by atoms with Gasteiger partial charge in [0.2, 0.25) is 5.91 Å². The molecular weight excluding hydrogens is 228 g/mol. The highest BCUT2D eigenvalue weighted by Gasteiger charge is 2.24. The number of nitrogens with two attached hydrogens (primary N) is 1. The van der Waals surface area contributed by atoms with Gasteiger partial charge in [0.1, 0.15) is 0 Å². The first-order valence-electron chi connectivity index (χ1n) is 7.34. The average Bonchev–Trinajstić information content (AvgIpc) is 2.37.